The van der Waals surface area contributed by atoms with Crippen LogP contribution in [0.25, 0.3) is 11.1 Å². The number of rotatable bonds is 5. The molecule has 0 unspecified atom stereocenters. The molecule has 4 rings (SSSR count). The third-order valence-electron chi connectivity index (χ3n) is 6.73. The highest BCUT2D eigenvalue weighted by molar-refractivity contribution is 5.83. The van der Waals surface area contributed by atoms with Gasteiger partial charge in [0.15, 0.2) is 11.6 Å². The van der Waals surface area contributed by atoms with E-state index in [-0.39, 0.29) is 11.9 Å². The third kappa shape index (κ3) is 5.13. The summed E-state index contributed by atoms with van der Waals surface area (Å²) in [4.78, 5) is 15.7. The Labute approximate surface area is 182 Å². The molecule has 2 heterocycles. The lowest BCUT2D eigenvalue weighted by Gasteiger charge is -2.38. The quantitative estimate of drug-likeness (QED) is 0.777. The molecule has 0 spiro atoms. The van der Waals surface area contributed by atoms with Gasteiger partial charge in [-0.15, -0.1) is 0 Å². The van der Waals surface area contributed by atoms with Crippen LogP contribution >= 0.6 is 0 Å². The van der Waals surface area contributed by atoms with Gasteiger partial charge in [0.2, 0.25) is 5.91 Å². The highest BCUT2D eigenvalue weighted by atomic mass is 19.2. The van der Waals surface area contributed by atoms with Crippen LogP contribution in [-0.2, 0) is 16.0 Å². The number of nitrogens with zero attached hydrogens (tertiary/aromatic N) is 1. The number of piperidine rings is 1. The van der Waals surface area contributed by atoms with Crippen molar-refractivity contribution in [3.8, 4) is 11.1 Å². The molecule has 2 aliphatic heterocycles. The molecule has 0 radical (unpaired) electrons. The van der Waals surface area contributed by atoms with E-state index in [9.17, 15) is 13.6 Å². The maximum atomic E-state index is 13.6. The van der Waals surface area contributed by atoms with Gasteiger partial charge in [-0.2, -0.15) is 0 Å². The van der Waals surface area contributed by atoms with E-state index in [2.05, 4.69) is 17.3 Å². The first-order chi connectivity index (χ1) is 14.9. The van der Waals surface area contributed by atoms with Crippen LogP contribution in [0.3, 0.4) is 0 Å². The number of halogens is 2. The lowest BCUT2D eigenvalue weighted by Crippen LogP contribution is -2.51. The monoisotopic (exact) mass is 428 g/mol. The first-order valence-electron chi connectivity index (χ1n) is 11.1. The van der Waals surface area contributed by atoms with Gasteiger partial charge in [0.25, 0.3) is 0 Å². The molecule has 0 atom stereocenters. The first kappa shape index (κ1) is 21.9. The van der Waals surface area contributed by atoms with Gasteiger partial charge in [-0.3, -0.25) is 4.79 Å². The van der Waals surface area contributed by atoms with Gasteiger partial charge in [0.05, 0.1) is 5.41 Å². The Balaban J connectivity index is 1.48. The molecule has 2 fully saturated rings. The summed E-state index contributed by atoms with van der Waals surface area (Å²) in [7, 11) is 2.11. The van der Waals surface area contributed by atoms with Crippen molar-refractivity contribution in [1.29, 1.82) is 0 Å². The second-order valence-electron chi connectivity index (χ2n) is 8.95. The predicted octanol–water partition coefficient (Wildman–Crippen LogP) is 4.18. The van der Waals surface area contributed by atoms with Crippen molar-refractivity contribution in [1.82, 2.24) is 10.2 Å². The Morgan fingerprint density at radius 2 is 1.68 bits per heavy atom. The summed E-state index contributed by atoms with van der Waals surface area (Å²) in [5.74, 6) is -1.57. The minimum absolute atomic E-state index is 0.134. The van der Waals surface area contributed by atoms with Crippen LogP contribution in [0.5, 0.6) is 0 Å². The Morgan fingerprint density at radius 3 is 2.32 bits per heavy atom. The van der Waals surface area contributed by atoms with E-state index in [1.54, 1.807) is 6.07 Å². The highest BCUT2D eigenvalue weighted by Crippen LogP contribution is 2.36. The number of benzene rings is 2. The summed E-state index contributed by atoms with van der Waals surface area (Å²) >= 11 is 0. The summed E-state index contributed by atoms with van der Waals surface area (Å²) < 4.78 is 32.4. The van der Waals surface area contributed by atoms with Gasteiger partial charge in [-0.05, 0) is 81.1 Å². The number of carbonyl (C=O) groups excluding carboxylic acids is 1. The molecule has 2 saturated heterocycles. The number of carbonyl (C=O) groups is 1. The number of amides is 1. The average Bonchev–Trinajstić information content (AvgIpc) is 2.78. The zero-order chi connectivity index (χ0) is 21.8. The standard InChI is InChI=1S/C25H30F2N2O2/c1-29-12-8-21(9-13-29)28-24(30)25(10-14-31-15-11-25)17-18-2-4-19(5-3-18)20-6-7-22(26)23(27)16-20/h2-7,16,21H,8-15,17H2,1H3,(H,28,30). The molecule has 1 amide bonds. The molecular formula is C25H30F2N2O2. The van der Waals surface area contributed by atoms with Gasteiger partial charge in [0.1, 0.15) is 0 Å². The summed E-state index contributed by atoms with van der Waals surface area (Å²) in [6, 6.07) is 11.9. The number of hydrogen-bond donors (Lipinski definition) is 1. The van der Waals surface area contributed by atoms with E-state index in [0.29, 0.717) is 38.0 Å². The maximum absolute atomic E-state index is 13.6. The lowest BCUT2D eigenvalue weighted by atomic mass is 9.74. The molecule has 166 valence electrons. The molecule has 6 heteroatoms. The Kier molecular flexibility index (Phi) is 6.68. The molecule has 2 aromatic carbocycles. The molecule has 4 nitrogen and oxygen atoms in total. The number of nitrogens with one attached hydrogen (secondary N) is 1. The van der Waals surface area contributed by atoms with Crippen molar-refractivity contribution in [3.05, 3.63) is 59.7 Å². The van der Waals surface area contributed by atoms with E-state index in [1.165, 1.54) is 6.07 Å². The van der Waals surface area contributed by atoms with Gasteiger partial charge < -0.3 is 15.0 Å². The normalized spacial score (nSPS) is 19.8. The fourth-order valence-electron chi connectivity index (χ4n) is 4.62. The predicted molar refractivity (Wildman–Crippen MR) is 117 cm³/mol. The molecule has 2 aliphatic rings. The minimum atomic E-state index is -0.853. The van der Waals surface area contributed by atoms with Crippen LogP contribution in [-0.4, -0.2) is 50.2 Å². The smallest absolute Gasteiger partial charge is 0.226 e. The van der Waals surface area contributed by atoms with Crippen molar-refractivity contribution >= 4 is 5.91 Å². The Morgan fingerprint density at radius 1 is 1.03 bits per heavy atom. The number of ether oxygens (including phenoxy) is 1. The third-order valence-corrected chi connectivity index (χ3v) is 6.73. The Bertz CT molecular complexity index is 902. The number of hydrogen-bond acceptors (Lipinski definition) is 3. The molecule has 0 bridgehead atoms. The van der Waals surface area contributed by atoms with E-state index in [0.717, 1.165) is 43.1 Å². The lowest BCUT2D eigenvalue weighted by molar-refractivity contribution is -0.137. The fourth-order valence-corrected chi connectivity index (χ4v) is 4.62. The second kappa shape index (κ2) is 9.45. The van der Waals surface area contributed by atoms with Crippen molar-refractivity contribution < 1.29 is 18.3 Å². The van der Waals surface area contributed by atoms with Crippen molar-refractivity contribution in [3.63, 3.8) is 0 Å². The van der Waals surface area contributed by atoms with Crippen molar-refractivity contribution in [2.24, 2.45) is 5.41 Å². The van der Waals surface area contributed by atoms with Gasteiger partial charge in [0, 0.05) is 19.3 Å². The minimum Gasteiger partial charge on any atom is -0.381 e. The van der Waals surface area contributed by atoms with E-state index in [1.807, 2.05) is 24.3 Å². The second-order valence-corrected chi connectivity index (χ2v) is 8.95. The summed E-state index contributed by atoms with van der Waals surface area (Å²) in [6.07, 6.45) is 4.02. The zero-order valence-electron chi connectivity index (χ0n) is 18.0. The molecule has 0 aromatic heterocycles. The summed E-state index contributed by atoms with van der Waals surface area (Å²) in [5, 5.41) is 3.32. The highest BCUT2D eigenvalue weighted by Gasteiger charge is 2.41. The van der Waals surface area contributed by atoms with Crippen molar-refractivity contribution in [2.75, 3.05) is 33.4 Å². The molecular weight excluding hydrogens is 398 g/mol. The largest absolute Gasteiger partial charge is 0.381 e. The molecule has 1 N–H and O–H groups in total. The maximum Gasteiger partial charge on any atom is 0.226 e. The van der Waals surface area contributed by atoms with Crippen molar-refractivity contribution in [2.45, 2.75) is 38.1 Å². The number of likely N-dealkylation sites (tertiary alicyclic amines) is 1. The average molecular weight is 429 g/mol. The Hall–Kier alpha value is -2.31. The van der Waals surface area contributed by atoms with E-state index in [4.69, 9.17) is 4.74 Å². The topological polar surface area (TPSA) is 41.6 Å². The first-order valence-corrected chi connectivity index (χ1v) is 11.1. The van der Waals surface area contributed by atoms with Crippen LogP contribution < -0.4 is 5.32 Å². The fraction of sp³-hybridized carbons (Fsp3) is 0.480. The van der Waals surface area contributed by atoms with Crippen LogP contribution in [0, 0.1) is 17.0 Å². The summed E-state index contributed by atoms with van der Waals surface area (Å²) in [6.45, 7) is 3.19. The van der Waals surface area contributed by atoms with E-state index < -0.39 is 17.0 Å². The molecule has 2 aromatic rings. The SMILES string of the molecule is CN1CCC(NC(=O)C2(Cc3ccc(-c4ccc(F)c(F)c4)cc3)CCOCC2)CC1. The summed E-state index contributed by atoms with van der Waals surface area (Å²) in [5.41, 5.74) is 2.04. The van der Waals surface area contributed by atoms with Gasteiger partial charge >= 0.3 is 0 Å². The van der Waals surface area contributed by atoms with Crippen LogP contribution in [0.15, 0.2) is 42.5 Å². The van der Waals surface area contributed by atoms with Crippen LogP contribution in [0.1, 0.15) is 31.2 Å². The van der Waals surface area contributed by atoms with E-state index >= 15 is 0 Å². The van der Waals surface area contributed by atoms with Gasteiger partial charge in [-0.25, -0.2) is 8.78 Å². The van der Waals surface area contributed by atoms with Gasteiger partial charge in [-0.1, -0.05) is 30.3 Å². The zero-order valence-corrected chi connectivity index (χ0v) is 18.0. The molecule has 0 aliphatic carbocycles. The molecule has 0 saturated carbocycles. The van der Waals surface area contributed by atoms with Crippen LogP contribution in [0.4, 0.5) is 8.78 Å². The van der Waals surface area contributed by atoms with Crippen LogP contribution in [0.2, 0.25) is 0 Å². The molecule has 31 heavy (non-hydrogen) atoms.